The fourth-order valence-corrected chi connectivity index (χ4v) is 8.35. The summed E-state index contributed by atoms with van der Waals surface area (Å²) in [6, 6.07) is 26.3. The molecular weight excluding hydrogens is 547 g/mol. The van der Waals surface area contributed by atoms with Crippen LogP contribution >= 0.6 is 11.6 Å². The molecule has 2 aliphatic carbocycles. The molecule has 5 nitrogen and oxygen atoms in total. The van der Waals surface area contributed by atoms with Gasteiger partial charge < -0.3 is 12.7 Å². The number of hydrogen-bond donors (Lipinski definition) is 0. The first-order valence-electron chi connectivity index (χ1n) is 14.6. The number of para-hydroxylation sites is 1. The molecule has 3 aliphatic rings. The van der Waals surface area contributed by atoms with Crippen LogP contribution in [0.1, 0.15) is 55.7 Å². The Hall–Kier alpha value is -2.59. The predicted octanol–water partition coefficient (Wildman–Crippen LogP) is 6.65. The van der Waals surface area contributed by atoms with Gasteiger partial charge in [-0.15, -0.1) is 6.10 Å². The second-order valence-electron chi connectivity index (χ2n) is 12.5. The summed E-state index contributed by atoms with van der Waals surface area (Å²) in [7, 11) is 0. The van der Waals surface area contributed by atoms with E-state index in [0.717, 1.165) is 34.0 Å². The van der Waals surface area contributed by atoms with Crippen LogP contribution in [-0.2, 0) is 9.20 Å². The zero-order chi connectivity index (χ0) is 28.3. The molecule has 3 aromatic carbocycles. The summed E-state index contributed by atoms with van der Waals surface area (Å²) in [4.78, 5) is 0. The Morgan fingerprint density at radius 1 is 1.05 bits per heavy atom. The van der Waals surface area contributed by atoms with Crippen molar-refractivity contribution in [2.75, 3.05) is 0 Å². The molecule has 7 rings (SSSR count). The molecule has 1 aromatic heterocycles. The Morgan fingerprint density at radius 2 is 1.76 bits per heavy atom. The summed E-state index contributed by atoms with van der Waals surface area (Å²) < 4.78 is 14.8. The molecule has 4 aromatic rings. The quantitative estimate of drug-likeness (QED) is 0.230. The number of rotatable bonds is 7. The van der Waals surface area contributed by atoms with Crippen molar-refractivity contribution in [3.8, 4) is 22.8 Å². The molecule has 0 N–H and O–H groups in total. The minimum absolute atomic E-state index is 0.125. The van der Waals surface area contributed by atoms with Crippen LogP contribution < -0.4 is 8.90 Å². The van der Waals surface area contributed by atoms with Gasteiger partial charge in [-0.2, -0.15) is 5.10 Å². The van der Waals surface area contributed by atoms with E-state index in [1.54, 1.807) is 0 Å². The van der Waals surface area contributed by atoms with Crippen molar-refractivity contribution in [1.29, 1.82) is 0 Å². The molecule has 5 unspecified atom stereocenters. The third kappa shape index (κ3) is 4.75. The van der Waals surface area contributed by atoms with Crippen LogP contribution in [0.2, 0.25) is 5.02 Å². The van der Waals surface area contributed by atoms with Gasteiger partial charge in [0.15, 0.2) is 5.88 Å². The predicted molar refractivity (Wildman–Crippen MR) is 160 cm³/mol. The number of halogens is 1. The zero-order valence-electron chi connectivity index (χ0n) is 23.7. The molecule has 0 spiro atoms. The summed E-state index contributed by atoms with van der Waals surface area (Å²) in [5, 5.41) is 20.4. The average molecular weight is 581 g/mol. The SMILES string of the molecule is Cc1ccc(Cl)cc1C(C)(C)C(CC1CC1)C1C([O-])C2c3c(-c4ccccc4)nn(-c4ccccc4)c3[O][Al][O]C21. The lowest BCUT2D eigenvalue weighted by molar-refractivity contribution is -0.477. The highest BCUT2D eigenvalue weighted by Crippen LogP contribution is 2.58. The molecule has 2 fully saturated rings. The van der Waals surface area contributed by atoms with Gasteiger partial charge in [-0.25, -0.2) is 4.68 Å². The lowest BCUT2D eigenvalue weighted by atomic mass is 9.53. The van der Waals surface area contributed by atoms with E-state index in [1.165, 1.54) is 24.0 Å². The Bertz CT molecular complexity index is 1550. The third-order valence-electron chi connectivity index (χ3n) is 9.67. The first-order chi connectivity index (χ1) is 19.8. The van der Waals surface area contributed by atoms with Crippen molar-refractivity contribution in [3.63, 3.8) is 0 Å². The molecule has 209 valence electrons. The highest BCUT2D eigenvalue weighted by molar-refractivity contribution is 6.30. The maximum absolute atomic E-state index is 14.6. The van der Waals surface area contributed by atoms with Crippen molar-refractivity contribution in [3.05, 3.63) is 101 Å². The van der Waals surface area contributed by atoms with Crippen molar-refractivity contribution in [2.24, 2.45) is 17.8 Å². The van der Waals surface area contributed by atoms with E-state index in [-0.39, 0.29) is 29.3 Å². The average Bonchev–Trinajstić information content (AvgIpc) is 3.76. The van der Waals surface area contributed by atoms with Gasteiger partial charge in [-0.05, 0) is 71.9 Å². The van der Waals surface area contributed by atoms with Crippen LogP contribution in [0.25, 0.3) is 16.9 Å². The number of fused-ring (bicyclic) bond motifs is 3. The molecule has 41 heavy (non-hydrogen) atoms. The third-order valence-corrected chi connectivity index (χ3v) is 10.6. The first-order valence-corrected chi connectivity index (χ1v) is 16.0. The molecule has 0 bridgehead atoms. The van der Waals surface area contributed by atoms with Crippen molar-refractivity contribution >= 4 is 27.5 Å². The van der Waals surface area contributed by atoms with E-state index in [0.29, 0.717) is 11.8 Å². The minimum Gasteiger partial charge on any atom is -0.851 e. The van der Waals surface area contributed by atoms with Crippen LogP contribution in [0.3, 0.4) is 0 Å². The van der Waals surface area contributed by atoms with E-state index < -0.39 is 22.0 Å². The number of nitrogens with zero attached hydrogens (tertiary/aromatic N) is 2. The largest absolute Gasteiger partial charge is 0.851 e. The number of aryl methyl sites for hydroxylation is 1. The van der Waals surface area contributed by atoms with E-state index >= 15 is 0 Å². The highest BCUT2D eigenvalue weighted by atomic mass is 35.5. The second kappa shape index (κ2) is 10.6. The lowest BCUT2D eigenvalue weighted by Gasteiger charge is -2.61. The van der Waals surface area contributed by atoms with E-state index in [2.05, 4.69) is 45.0 Å². The Labute approximate surface area is 253 Å². The monoisotopic (exact) mass is 580 g/mol. The van der Waals surface area contributed by atoms with E-state index in [4.69, 9.17) is 24.3 Å². The van der Waals surface area contributed by atoms with Gasteiger partial charge in [-0.3, -0.25) is 0 Å². The van der Waals surface area contributed by atoms with Gasteiger partial charge in [-0.1, -0.05) is 92.9 Å². The molecule has 1 radical (unpaired) electrons. The summed E-state index contributed by atoms with van der Waals surface area (Å²) in [5.41, 5.74) is 5.81. The zero-order valence-corrected chi connectivity index (χ0v) is 25.6. The Kier molecular flexibility index (Phi) is 7.05. The van der Waals surface area contributed by atoms with Gasteiger partial charge in [0.25, 0.3) is 0 Å². The maximum atomic E-state index is 14.6. The molecule has 2 heterocycles. The molecule has 7 heteroatoms. The van der Waals surface area contributed by atoms with Gasteiger partial charge in [0.2, 0.25) is 0 Å². The smallest absolute Gasteiger partial charge is 0.775 e. The van der Waals surface area contributed by atoms with Crippen molar-refractivity contribution in [2.45, 2.75) is 63.6 Å². The van der Waals surface area contributed by atoms with Crippen LogP contribution in [0, 0.1) is 24.7 Å². The molecule has 0 saturated heterocycles. The summed E-state index contributed by atoms with van der Waals surface area (Å²) in [5.74, 6) is 1.05. The van der Waals surface area contributed by atoms with Gasteiger partial charge in [0.05, 0.1) is 5.69 Å². The lowest BCUT2D eigenvalue weighted by Crippen LogP contribution is -2.65. The maximum Gasteiger partial charge on any atom is 0.775 e. The highest BCUT2D eigenvalue weighted by Gasteiger charge is 2.56. The van der Waals surface area contributed by atoms with E-state index in [1.807, 2.05) is 59.3 Å². The summed E-state index contributed by atoms with van der Waals surface area (Å²) in [6.07, 6.45) is 2.50. The van der Waals surface area contributed by atoms with Gasteiger partial charge in [0.1, 0.15) is 5.69 Å². The van der Waals surface area contributed by atoms with Crippen LogP contribution in [0.5, 0.6) is 5.88 Å². The van der Waals surface area contributed by atoms with Crippen molar-refractivity contribution < 1.29 is 12.7 Å². The molecule has 2 saturated carbocycles. The fraction of sp³-hybridized carbons (Fsp3) is 0.382. The number of aromatic nitrogens is 2. The Balaban J connectivity index is 1.32. The fourth-order valence-electron chi connectivity index (χ4n) is 7.32. The van der Waals surface area contributed by atoms with Crippen LogP contribution in [0.15, 0.2) is 78.9 Å². The summed E-state index contributed by atoms with van der Waals surface area (Å²) >= 11 is 5.71. The van der Waals surface area contributed by atoms with Crippen LogP contribution in [-0.4, -0.2) is 37.9 Å². The normalized spacial score (nSPS) is 24.2. The molecule has 0 amide bonds. The molecule has 5 atom stereocenters. The minimum atomic E-state index is -0.821. The molecule has 1 aliphatic heterocycles. The van der Waals surface area contributed by atoms with Gasteiger partial charge in [0, 0.05) is 28.2 Å². The van der Waals surface area contributed by atoms with Gasteiger partial charge >= 0.3 is 15.9 Å². The van der Waals surface area contributed by atoms with Crippen molar-refractivity contribution in [1.82, 2.24) is 9.78 Å². The standard InChI is InChI=1S/C34H35ClN2O3.Al/c1-20-14-17-23(35)19-25(20)34(2,3)26(18-21-15-16-21)27-31(38)29(32(27)39)28-30(22-10-6-4-7-11-22)36-37(33(28)40)24-12-8-5-9-13-24;/h4-14,17,19,21,26-27,29,31-32,40H,15-16,18H2,1-3H3;/q-2;+2/p-1. The van der Waals surface area contributed by atoms with E-state index in [9.17, 15) is 5.11 Å². The second-order valence-corrected chi connectivity index (χ2v) is 13.7. The topological polar surface area (TPSA) is 59.3 Å². The van der Waals surface area contributed by atoms with Crippen LogP contribution in [0.4, 0.5) is 0 Å². The number of hydrogen-bond acceptors (Lipinski definition) is 4. The molecular formula is C34H34AlClN2O3-. The number of benzene rings is 3. The Morgan fingerprint density at radius 3 is 2.46 bits per heavy atom. The summed E-state index contributed by atoms with van der Waals surface area (Å²) in [6.45, 7) is 6.75. The first kappa shape index (κ1) is 27.3.